The Balaban J connectivity index is 2.86. The van der Waals surface area contributed by atoms with Crippen LogP contribution in [0.2, 0.25) is 10.0 Å². The number of carbonyl (C=O) groups is 1. The maximum Gasteiger partial charge on any atom is 0.322 e. The van der Waals surface area contributed by atoms with Crippen LogP contribution in [-0.2, 0) is 0 Å². The van der Waals surface area contributed by atoms with Gasteiger partial charge < -0.3 is 10.2 Å². The molecule has 18 heavy (non-hydrogen) atoms. The number of carbonyl (C=O) groups excluding carboxylic acids is 1. The second kappa shape index (κ2) is 6.30. The second-order valence-electron chi connectivity index (χ2n) is 4.68. The first-order valence-corrected chi connectivity index (χ1v) is 6.62. The van der Waals surface area contributed by atoms with Crippen molar-refractivity contribution in [2.24, 2.45) is 0 Å². The summed E-state index contributed by atoms with van der Waals surface area (Å²) in [7, 11) is 0. The molecule has 0 radical (unpaired) electrons. The first-order chi connectivity index (χ1) is 8.31. The molecule has 0 saturated carbocycles. The van der Waals surface area contributed by atoms with Crippen LogP contribution in [-0.4, -0.2) is 23.0 Å². The average molecular weight is 289 g/mol. The number of benzene rings is 1. The molecule has 3 nitrogen and oxygen atoms in total. The molecule has 0 fully saturated rings. The predicted molar refractivity (Wildman–Crippen MR) is 77.6 cm³/mol. The third kappa shape index (κ3) is 4.07. The zero-order valence-electron chi connectivity index (χ0n) is 11.0. The average Bonchev–Trinajstić information content (AvgIpc) is 2.13. The topological polar surface area (TPSA) is 32.3 Å². The number of nitrogens with one attached hydrogen (secondary N) is 1. The summed E-state index contributed by atoms with van der Waals surface area (Å²) in [5.74, 6) is 0. The van der Waals surface area contributed by atoms with Gasteiger partial charge in [-0.25, -0.2) is 4.79 Å². The monoisotopic (exact) mass is 288 g/mol. The van der Waals surface area contributed by atoms with E-state index in [2.05, 4.69) is 5.32 Å². The lowest BCUT2D eigenvalue weighted by Crippen LogP contribution is -2.44. The van der Waals surface area contributed by atoms with E-state index in [0.717, 1.165) is 0 Å². The van der Waals surface area contributed by atoms with Gasteiger partial charge in [-0.2, -0.15) is 0 Å². The molecule has 1 aromatic rings. The lowest BCUT2D eigenvalue weighted by Gasteiger charge is -2.30. The summed E-state index contributed by atoms with van der Waals surface area (Å²) in [4.78, 5) is 13.9. The number of nitrogens with zero attached hydrogens (tertiary/aromatic N) is 1. The van der Waals surface area contributed by atoms with Gasteiger partial charge in [0.15, 0.2) is 0 Å². The normalized spacial score (nSPS) is 10.9. The molecule has 0 aliphatic carbocycles. The molecule has 0 unspecified atom stereocenters. The number of halogens is 2. The van der Waals surface area contributed by atoms with E-state index in [9.17, 15) is 4.79 Å². The van der Waals surface area contributed by atoms with E-state index < -0.39 is 0 Å². The van der Waals surface area contributed by atoms with Gasteiger partial charge in [0.2, 0.25) is 0 Å². The minimum Gasteiger partial charge on any atom is -0.320 e. The summed E-state index contributed by atoms with van der Waals surface area (Å²) >= 11 is 11.8. The van der Waals surface area contributed by atoms with Crippen LogP contribution in [0.25, 0.3) is 0 Å². The van der Waals surface area contributed by atoms with E-state index in [-0.39, 0.29) is 18.1 Å². The maximum absolute atomic E-state index is 12.1. The van der Waals surface area contributed by atoms with Gasteiger partial charge in [-0.05, 0) is 45.9 Å². The Morgan fingerprint density at radius 1 is 1.06 bits per heavy atom. The van der Waals surface area contributed by atoms with Crippen molar-refractivity contribution in [1.29, 1.82) is 0 Å². The lowest BCUT2D eigenvalue weighted by molar-refractivity contribution is 0.178. The number of anilines is 1. The highest BCUT2D eigenvalue weighted by molar-refractivity contribution is 6.35. The summed E-state index contributed by atoms with van der Waals surface area (Å²) in [6.07, 6.45) is 0. The van der Waals surface area contributed by atoms with Crippen LogP contribution in [0.5, 0.6) is 0 Å². The largest absolute Gasteiger partial charge is 0.322 e. The predicted octanol–water partition coefficient (Wildman–Crippen LogP) is 4.64. The van der Waals surface area contributed by atoms with Crippen molar-refractivity contribution in [2.45, 2.75) is 39.8 Å². The summed E-state index contributed by atoms with van der Waals surface area (Å²) in [5, 5.41) is 3.80. The van der Waals surface area contributed by atoms with Crippen molar-refractivity contribution in [3.63, 3.8) is 0 Å². The standard InChI is InChI=1S/C13H18Cl2N2O/c1-8(2)17(9(3)4)13(18)16-12-6-10(14)5-11(15)7-12/h5-9H,1-4H3,(H,16,18). The minimum atomic E-state index is -0.154. The maximum atomic E-state index is 12.1. The number of urea groups is 1. The molecular weight excluding hydrogens is 271 g/mol. The zero-order valence-corrected chi connectivity index (χ0v) is 12.5. The van der Waals surface area contributed by atoms with E-state index in [0.29, 0.717) is 15.7 Å². The molecule has 0 atom stereocenters. The SMILES string of the molecule is CC(C)N(C(=O)Nc1cc(Cl)cc(Cl)c1)C(C)C. The Morgan fingerprint density at radius 3 is 1.89 bits per heavy atom. The first kappa shape index (κ1) is 15.1. The van der Waals surface area contributed by atoms with E-state index in [1.165, 1.54) is 0 Å². The molecule has 100 valence electrons. The Kier molecular flexibility index (Phi) is 5.29. The van der Waals surface area contributed by atoms with Crippen molar-refractivity contribution in [2.75, 3.05) is 5.32 Å². The number of hydrogen-bond acceptors (Lipinski definition) is 1. The Hall–Kier alpha value is -0.930. The highest BCUT2D eigenvalue weighted by atomic mass is 35.5. The fourth-order valence-corrected chi connectivity index (χ4v) is 2.41. The van der Waals surface area contributed by atoms with Gasteiger partial charge in [0.05, 0.1) is 0 Å². The summed E-state index contributed by atoms with van der Waals surface area (Å²) in [6, 6.07) is 5.06. The lowest BCUT2D eigenvalue weighted by atomic mass is 10.2. The van der Waals surface area contributed by atoms with Gasteiger partial charge in [-0.15, -0.1) is 0 Å². The van der Waals surface area contributed by atoms with Crippen LogP contribution < -0.4 is 5.32 Å². The van der Waals surface area contributed by atoms with Gasteiger partial charge >= 0.3 is 6.03 Å². The molecule has 0 aliphatic heterocycles. The summed E-state index contributed by atoms with van der Waals surface area (Å²) in [6.45, 7) is 7.91. The molecule has 0 saturated heterocycles. The molecule has 0 heterocycles. The van der Waals surface area contributed by atoms with E-state index in [1.807, 2.05) is 27.7 Å². The van der Waals surface area contributed by atoms with Crippen molar-refractivity contribution >= 4 is 34.9 Å². The number of rotatable bonds is 3. The first-order valence-electron chi connectivity index (χ1n) is 5.86. The number of amides is 2. The molecule has 0 aromatic heterocycles. The molecule has 1 aromatic carbocycles. The van der Waals surface area contributed by atoms with Crippen LogP contribution in [0, 0.1) is 0 Å². The van der Waals surface area contributed by atoms with E-state index in [1.54, 1.807) is 23.1 Å². The van der Waals surface area contributed by atoms with Gasteiger partial charge in [-0.3, -0.25) is 0 Å². The van der Waals surface area contributed by atoms with E-state index in [4.69, 9.17) is 23.2 Å². The van der Waals surface area contributed by atoms with Crippen molar-refractivity contribution < 1.29 is 4.79 Å². The minimum absolute atomic E-state index is 0.125. The smallest absolute Gasteiger partial charge is 0.320 e. The quantitative estimate of drug-likeness (QED) is 0.863. The van der Waals surface area contributed by atoms with Gasteiger partial charge in [0.1, 0.15) is 0 Å². The fourth-order valence-electron chi connectivity index (χ4n) is 1.88. The van der Waals surface area contributed by atoms with Crippen molar-refractivity contribution in [1.82, 2.24) is 4.90 Å². The van der Waals surface area contributed by atoms with Crippen LogP contribution in [0.4, 0.5) is 10.5 Å². The number of hydrogen-bond donors (Lipinski definition) is 1. The Bertz CT molecular complexity index is 405. The van der Waals surface area contributed by atoms with Crippen molar-refractivity contribution in [3.05, 3.63) is 28.2 Å². The highest BCUT2D eigenvalue weighted by Crippen LogP contribution is 2.23. The fraction of sp³-hybridized carbons (Fsp3) is 0.462. The van der Waals surface area contributed by atoms with Crippen LogP contribution in [0.15, 0.2) is 18.2 Å². The Labute approximate surface area is 118 Å². The molecular formula is C13H18Cl2N2O. The summed E-state index contributed by atoms with van der Waals surface area (Å²) in [5.41, 5.74) is 0.601. The Morgan fingerprint density at radius 2 is 1.50 bits per heavy atom. The molecule has 0 bridgehead atoms. The van der Waals surface area contributed by atoms with Gasteiger partial charge in [0.25, 0.3) is 0 Å². The third-order valence-electron chi connectivity index (χ3n) is 2.46. The van der Waals surface area contributed by atoms with Crippen LogP contribution in [0.1, 0.15) is 27.7 Å². The zero-order chi connectivity index (χ0) is 13.9. The third-order valence-corrected chi connectivity index (χ3v) is 2.90. The molecule has 5 heteroatoms. The van der Waals surface area contributed by atoms with E-state index >= 15 is 0 Å². The summed E-state index contributed by atoms with van der Waals surface area (Å²) < 4.78 is 0. The molecule has 0 aliphatic rings. The van der Waals surface area contributed by atoms with Gasteiger partial charge in [-0.1, -0.05) is 23.2 Å². The van der Waals surface area contributed by atoms with Gasteiger partial charge in [0, 0.05) is 27.8 Å². The second-order valence-corrected chi connectivity index (χ2v) is 5.56. The van der Waals surface area contributed by atoms with Crippen LogP contribution >= 0.6 is 23.2 Å². The molecule has 2 amide bonds. The van der Waals surface area contributed by atoms with Crippen molar-refractivity contribution in [3.8, 4) is 0 Å². The molecule has 1 N–H and O–H groups in total. The molecule has 1 rings (SSSR count). The molecule has 0 spiro atoms. The highest BCUT2D eigenvalue weighted by Gasteiger charge is 2.20. The van der Waals surface area contributed by atoms with Crippen LogP contribution in [0.3, 0.4) is 0 Å².